The van der Waals surface area contributed by atoms with Crippen molar-refractivity contribution in [3.05, 3.63) is 0 Å². The molecule has 0 radical (unpaired) electrons. The SMILES string of the molecule is NC1CCC(OCCCN2CCCCC2)CC1. The van der Waals surface area contributed by atoms with E-state index in [9.17, 15) is 0 Å². The van der Waals surface area contributed by atoms with Crippen molar-refractivity contribution < 1.29 is 4.74 Å². The van der Waals surface area contributed by atoms with Crippen LogP contribution in [0, 0.1) is 0 Å². The van der Waals surface area contributed by atoms with E-state index in [1.807, 2.05) is 0 Å². The van der Waals surface area contributed by atoms with E-state index in [0.29, 0.717) is 12.1 Å². The molecule has 0 aromatic carbocycles. The van der Waals surface area contributed by atoms with Crippen LogP contribution in [0.1, 0.15) is 51.4 Å². The number of hydrogen-bond donors (Lipinski definition) is 1. The maximum absolute atomic E-state index is 5.94. The van der Waals surface area contributed by atoms with E-state index in [1.165, 1.54) is 58.2 Å². The zero-order chi connectivity index (χ0) is 11.9. The summed E-state index contributed by atoms with van der Waals surface area (Å²) in [4.78, 5) is 2.59. The minimum Gasteiger partial charge on any atom is -0.378 e. The molecular formula is C14H28N2O. The summed E-state index contributed by atoms with van der Waals surface area (Å²) < 4.78 is 5.94. The summed E-state index contributed by atoms with van der Waals surface area (Å²) in [6.07, 6.45) is 10.5. The molecule has 2 aliphatic rings. The van der Waals surface area contributed by atoms with Crippen molar-refractivity contribution in [2.75, 3.05) is 26.2 Å². The maximum atomic E-state index is 5.94. The highest BCUT2D eigenvalue weighted by molar-refractivity contribution is 4.74. The molecule has 2 fully saturated rings. The van der Waals surface area contributed by atoms with Crippen LogP contribution in [0.25, 0.3) is 0 Å². The number of piperidine rings is 1. The van der Waals surface area contributed by atoms with Crippen LogP contribution >= 0.6 is 0 Å². The van der Waals surface area contributed by atoms with E-state index in [1.54, 1.807) is 0 Å². The van der Waals surface area contributed by atoms with Crippen molar-refractivity contribution in [2.45, 2.75) is 63.5 Å². The number of hydrogen-bond acceptors (Lipinski definition) is 3. The summed E-state index contributed by atoms with van der Waals surface area (Å²) in [7, 11) is 0. The molecule has 2 rings (SSSR count). The highest BCUT2D eigenvalue weighted by Gasteiger charge is 2.18. The van der Waals surface area contributed by atoms with Gasteiger partial charge in [0, 0.05) is 19.2 Å². The fraction of sp³-hybridized carbons (Fsp3) is 1.00. The molecule has 0 unspecified atom stereocenters. The van der Waals surface area contributed by atoms with Crippen LogP contribution in [0.2, 0.25) is 0 Å². The van der Waals surface area contributed by atoms with Crippen molar-refractivity contribution >= 4 is 0 Å². The molecule has 17 heavy (non-hydrogen) atoms. The topological polar surface area (TPSA) is 38.5 Å². The van der Waals surface area contributed by atoms with Crippen LogP contribution in [-0.2, 0) is 4.74 Å². The summed E-state index contributed by atoms with van der Waals surface area (Å²) in [6, 6.07) is 0.434. The molecule has 1 aliphatic heterocycles. The van der Waals surface area contributed by atoms with E-state index in [-0.39, 0.29) is 0 Å². The minimum atomic E-state index is 0.434. The Morgan fingerprint density at radius 2 is 1.71 bits per heavy atom. The highest BCUT2D eigenvalue weighted by atomic mass is 16.5. The molecule has 1 saturated heterocycles. The number of likely N-dealkylation sites (tertiary alicyclic amines) is 1. The predicted molar refractivity (Wildman–Crippen MR) is 71.1 cm³/mol. The lowest BCUT2D eigenvalue weighted by atomic mass is 9.94. The van der Waals surface area contributed by atoms with E-state index < -0.39 is 0 Å². The van der Waals surface area contributed by atoms with E-state index in [2.05, 4.69) is 4.90 Å². The van der Waals surface area contributed by atoms with E-state index >= 15 is 0 Å². The summed E-state index contributed by atoms with van der Waals surface area (Å²) in [5.74, 6) is 0. The zero-order valence-corrected chi connectivity index (χ0v) is 11.1. The monoisotopic (exact) mass is 240 g/mol. The van der Waals surface area contributed by atoms with Gasteiger partial charge in [-0.25, -0.2) is 0 Å². The van der Waals surface area contributed by atoms with Crippen molar-refractivity contribution in [3.63, 3.8) is 0 Å². The second kappa shape index (κ2) is 7.34. The van der Waals surface area contributed by atoms with Gasteiger partial charge in [0.15, 0.2) is 0 Å². The molecule has 3 nitrogen and oxygen atoms in total. The van der Waals surface area contributed by atoms with Crippen molar-refractivity contribution in [1.29, 1.82) is 0 Å². The number of rotatable bonds is 5. The first-order valence-electron chi connectivity index (χ1n) is 7.44. The van der Waals surface area contributed by atoms with Gasteiger partial charge in [0.1, 0.15) is 0 Å². The molecule has 1 heterocycles. The molecule has 0 atom stereocenters. The Morgan fingerprint density at radius 1 is 1.00 bits per heavy atom. The maximum Gasteiger partial charge on any atom is 0.0576 e. The molecule has 100 valence electrons. The third kappa shape index (κ3) is 4.94. The lowest BCUT2D eigenvalue weighted by molar-refractivity contribution is 0.0198. The Kier molecular flexibility index (Phi) is 5.75. The molecule has 0 spiro atoms. The second-order valence-electron chi connectivity index (χ2n) is 5.66. The predicted octanol–water partition coefficient (Wildman–Crippen LogP) is 2.15. The van der Waals surface area contributed by atoms with Crippen LogP contribution in [0.4, 0.5) is 0 Å². The van der Waals surface area contributed by atoms with Gasteiger partial charge in [0.25, 0.3) is 0 Å². The number of nitrogens with zero attached hydrogens (tertiary/aromatic N) is 1. The lowest BCUT2D eigenvalue weighted by Gasteiger charge is -2.28. The largest absolute Gasteiger partial charge is 0.378 e. The summed E-state index contributed by atoms with van der Waals surface area (Å²) in [6.45, 7) is 4.78. The highest BCUT2D eigenvalue weighted by Crippen LogP contribution is 2.20. The van der Waals surface area contributed by atoms with Crippen LogP contribution in [0.3, 0.4) is 0 Å². The van der Waals surface area contributed by atoms with Gasteiger partial charge >= 0.3 is 0 Å². The molecule has 1 saturated carbocycles. The Labute approximate surface area is 106 Å². The van der Waals surface area contributed by atoms with Gasteiger partial charge < -0.3 is 15.4 Å². The molecule has 3 heteroatoms. The fourth-order valence-electron chi connectivity index (χ4n) is 2.98. The van der Waals surface area contributed by atoms with Crippen molar-refractivity contribution in [3.8, 4) is 0 Å². The molecule has 0 bridgehead atoms. The molecule has 2 N–H and O–H groups in total. The van der Waals surface area contributed by atoms with Crippen LogP contribution < -0.4 is 5.73 Å². The molecule has 0 aromatic rings. The zero-order valence-electron chi connectivity index (χ0n) is 11.1. The Bertz CT molecular complexity index is 196. The Hall–Kier alpha value is -0.120. The van der Waals surface area contributed by atoms with E-state index in [0.717, 1.165) is 19.4 Å². The smallest absolute Gasteiger partial charge is 0.0576 e. The summed E-state index contributed by atoms with van der Waals surface area (Å²) >= 11 is 0. The lowest BCUT2D eigenvalue weighted by Crippen LogP contribution is -2.32. The Balaban J connectivity index is 1.48. The average molecular weight is 240 g/mol. The first-order chi connectivity index (χ1) is 8.34. The molecular weight excluding hydrogens is 212 g/mol. The summed E-state index contributed by atoms with van der Waals surface area (Å²) in [5, 5.41) is 0. The fourth-order valence-corrected chi connectivity index (χ4v) is 2.98. The van der Waals surface area contributed by atoms with Gasteiger partial charge in [0.05, 0.1) is 6.10 Å². The average Bonchev–Trinajstić information content (AvgIpc) is 2.38. The third-order valence-corrected chi connectivity index (χ3v) is 4.14. The number of ether oxygens (including phenoxy) is 1. The van der Waals surface area contributed by atoms with Crippen LogP contribution in [0.15, 0.2) is 0 Å². The Morgan fingerprint density at radius 3 is 2.41 bits per heavy atom. The van der Waals surface area contributed by atoms with Crippen LogP contribution in [-0.4, -0.2) is 43.3 Å². The van der Waals surface area contributed by atoms with Gasteiger partial charge in [-0.15, -0.1) is 0 Å². The van der Waals surface area contributed by atoms with Gasteiger partial charge in [-0.1, -0.05) is 6.42 Å². The quantitative estimate of drug-likeness (QED) is 0.748. The standard InChI is InChI=1S/C14H28N2O/c15-13-5-7-14(8-6-13)17-12-4-11-16-9-2-1-3-10-16/h13-14H,1-12,15H2. The molecule has 0 aromatic heterocycles. The second-order valence-corrected chi connectivity index (χ2v) is 5.66. The normalized spacial score (nSPS) is 31.6. The number of nitrogens with two attached hydrogens (primary N) is 1. The molecule has 0 amide bonds. The van der Waals surface area contributed by atoms with Gasteiger partial charge in [-0.05, 0) is 58.0 Å². The van der Waals surface area contributed by atoms with Gasteiger partial charge in [-0.3, -0.25) is 0 Å². The van der Waals surface area contributed by atoms with Gasteiger partial charge in [-0.2, -0.15) is 0 Å². The summed E-state index contributed by atoms with van der Waals surface area (Å²) in [5.41, 5.74) is 5.89. The van der Waals surface area contributed by atoms with Crippen molar-refractivity contribution in [2.24, 2.45) is 5.73 Å². The van der Waals surface area contributed by atoms with E-state index in [4.69, 9.17) is 10.5 Å². The first-order valence-corrected chi connectivity index (χ1v) is 7.44. The van der Waals surface area contributed by atoms with Crippen molar-refractivity contribution in [1.82, 2.24) is 4.90 Å². The van der Waals surface area contributed by atoms with Gasteiger partial charge in [0.2, 0.25) is 0 Å². The third-order valence-electron chi connectivity index (χ3n) is 4.14. The minimum absolute atomic E-state index is 0.434. The van der Waals surface area contributed by atoms with Crippen LogP contribution in [0.5, 0.6) is 0 Å². The molecule has 1 aliphatic carbocycles. The first kappa shape index (κ1) is 13.3.